The first-order valence-electron chi connectivity index (χ1n) is 8.21. The van der Waals surface area contributed by atoms with Gasteiger partial charge in [0.2, 0.25) is 10.0 Å². The zero-order valence-electron chi connectivity index (χ0n) is 13.8. The third kappa shape index (κ3) is 4.08. The van der Waals surface area contributed by atoms with Gasteiger partial charge in [0.05, 0.1) is 16.6 Å². The highest BCUT2D eigenvalue weighted by Gasteiger charge is 2.25. The molecule has 0 atom stereocenters. The Hall–Kier alpha value is -1.90. The molecule has 4 nitrogen and oxygen atoms in total. The highest BCUT2D eigenvalue weighted by atomic mass is 32.2. The SMILES string of the molecule is O=S(=O)(N[C@H]1CC[C@@H](O)CC1)c1ccc(-c2c(F)cc(F)cc2F)cc1. The zero-order chi connectivity index (χ0) is 18.9. The molecule has 0 amide bonds. The average Bonchev–Trinajstić information content (AvgIpc) is 2.56. The lowest BCUT2D eigenvalue weighted by atomic mass is 9.94. The van der Waals surface area contributed by atoms with Gasteiger partial charge in [-0.15, -0.1) is 0 Å². The van der Waals surface area contributed by atoms with Crippen LogP contribution in [0.3, 0.4) is 0 Å². The van der Waals surface area contributed by atoms with Gasteiger partial charge in [-0.05, 0) is 43.4 Å². The van der Waals surface area contributed by atoms with Crippen LogP contribution in [0.5, 0.6) is 0 Å². The number of sulfonamides is 1. The third-order valence-corrected chi connectivity index (χ3v) is 6.02. The van der Waals surface area contributed by atoms with Crippen LogP contribution >= 0.6 is 0 Å². The van der Waals surface area contributed by atoms with Crippen molar-refractivity contribution in [3.05, 3.63) is 53.8 Å². The van der Waals surface area contributed by atoms with E-state index in [0.29, 0.717) is 37.8 Å². The van der Waals surface area contributed by atoms with Crippen molar-refractivity contribution in [1.82, 2.24) is 4.72 Å². The molecule has 8 heteroatoms. The molecular formula is C18H18F3NO3S. The van der Waals surface area contributed by atoms with E-state index >= 15 is 0 Å². The number of rotatable bonds is 4. The number of aliphatic hydroxyl groups excluding tert-OH is 1. The van der Waals surface area contributed by atoms with Gasteiger partial charge in [-0.25, -0.2) is 26.3 Å². The first kappa shape index (κ1) is 18.9. The van der Waals surface area contributed by atoms with E-state index in [1.165, 1.54) is 24.3 Å². The first-order valence-corrected chi connectivity index (χ1v) is 9.70. The Morgan fingerprint density at radius 1 is 0.923 bits per heavy atom. The van der Waals surface area contributed by atoms with Crippen LogP contribution in [0.4, 0.5) is 13.2 Å². The van der Waals surface area contributed by atoms with Crippen molar-refractivity contribution in [1.29, 1.82) is 0 Å². The lowest BCUT2D eigenvalue weighted by Gasteiger charge is -2.26. The summed E-state index contributed by atoms with van der Waals surface area (Å²) >= 11 is 0. The molecule has 1 saturated carbocycles. The van der Waals surface area contributed by atoms with Crippen LogP contribution in [0.1, 0.15) is 25.7 Å². The van der Waals surface area contributed by atoms with E-state index in [1.54, 1.807) is 0 Å². The third-order valence-electron chi connectivity index (χ3n) is 4.48. The van der Waals surface area contributed by atoms with E-state index in [0.717, 1.165) is 0 Å². The van der Waals surface area contributed by atoms with Crippen molar-refractivity contribution in [3.8, 4) is 11.1 Å². The van der Waals surface area contributed by atoms with Gasteiger partial charge in [0.1, 0.15) is 17.5 Å². The predicted octanol–water partition coefficient (Wildman–Crippen LogP) is 3.35. The van der Waals surface area contributed by atoms with E-state index in [9.17, 15) is 26.7 Å². The maximum atomic E-state index is 13.8. The summed E-state index contributed by atoms with van der Waals surface area (Å²) in [7, 11) is -3.78. The van der Waals surface area contributed by atoms with Crippen molar-refractivity contribution in [3.63, 3.8) is 0 Å². The molecule has 0 saturated heterocycles. The summed E-state index contributed by atoms with van der Waals surface area (Å²) in [5.74, 6) is -3.14. The molecule has 1 aliphatic rings. The number of halogens is 3. The van der Waals surface area contributed by atoms with Crippen LogP contribution in [0.25, 0.3) is 11.1 Å². The Morgan fingerprint density at radius 2 is 1.46 bits per heavy atom. The van der Waals surface area contributed by atoms with E-state index < -0.39 is 39.1 Å². The smallest absolute Gasteiger partial charge is 0.240 e. The van der Waals surface area contributed by atoms with E-state index in [1.807, 2.05) is 0 Å². The summed E-state index contributed by atoms with van der Waals surface area (Å²) in [5, 5.41) is 9.48. The highest BCUT2D eigenvalue weighted by Crippen LogP contribution is 2.28. The normalized spacial score (nSPS) is 20.9. The number of hydrogen-bond acceptors (Lipinski definition) is 3. The van der Waals surface area contributed by atoms with Gasteiger partial charge in [-0.2, -0.15) is 0 Å². The molecule has 0 unspecified atom stereocenters. The molecular weight excluding hydrogens is 367 g/mol. The fourth-order valence-corrected chi connectivity index (χ4v) is 4.40. The second kappa shape index (κ2) is 7.38. The molecule has 0 bridgehead atoms. The molecule has 0 aromatic heterocycles. The molecule has 0 aliphatic heterocycles. The van der Waals surface area contributed by atoms with Crippen molar-refractivity contribution in [2.75, 3.05) is 0 Å². The maximum Gasteiger partial charge on any atom is 0.240 e. The fraction of sp³-hybridized carbons (Fsp3) is 0.333. The van der Waals surface area contributed by atoms with Crippen molar-refractivity contribution in [2.45, 2.75) is 42.7 Å². The molecule has 2 aromatic rings. The molecule has 0 spiro atoms. The lowest BCUT2D eigenvalue weighted by Crippen LogP contribution is -2.38. The van der Waals surface area contributed by atoms with Gasteiger partial charge in [-0.3, -0.25) is 0 Å². The van der Waals surface area contributed by atoms with Gasteiger partial charge < -0.3 is 5.11 Å². The van der Waals surface area contributed by atoms with Crippen molar-refractivity contribution in [2.24, 2.45) is 0 Å². The minimum absolute atomic E-state index is 0.0321. The largest absolute Gasteiger partial charge is 0.393 e. The topological polar surface area (TPSA) is 66.4 Å². The molecule has 1 aliphatic carbocycles. The van der Waals surface area contributed by atoms with Crippen molar-refractivity contribution < 1.29 is 26.7 Å². The van der Waals surface area contributed by atoms with Gasteiger partial charge in [-0.1, -0.05) is 12.1 Å². The molecule has 140 valence electrons. The molecule has 26 heavy (non-hydrogen) atoms. The molecule has 3 rings (SSSR count). The van der Waals surface area contributed by atoms with Crippen LogP contribution in [0, 0.1) is 17.5 Å². The summed E-state index contributed by atoms with van der Waals surface area (Å²) in [5.41, 5.74) is -0.302. The molecule has 2 N–H and O–H groups in total. The number of aliphatic hydroxyl groups is 1. The molecule has 2 aromatic carbocycles. The van der Waals surface area contributed by atoms with Crippen LogP contribution in [0.2, 0.25) is 0 Å². The second-order valence-electron chi connectivity index (χ2n) is 6.40. The summed E-state index contributed by atoms with van der Waals surface area (Å²) < 4.78 is 68.1. The quantitative estimate of drug-likeness (QED) is 0.848. The van der Waals surface area contributed by atoms with Crippen molar-refractivity contribution >= 4 is 10.0 Å². The summed E-state index contributed by atoms with van der Waals surface area (Å²) in [6.07, 6.45) is 1.77. The molecule has 0 heterocycles. The molecule has 0 radical (unpaired) electrons. The van der Waals surface area contributed by atoms with Gasteiger partial charge in [0.25, 0.3) is 0 Å². The Bertz CT molecular complexity index is 869. The van der Waals surface area contributed by atoms with E-state index in [-0.39, 0.29) is 16.5 Å². The van der Waals surface area contributed by atoms with E-state index in [4.69, 9.17) is 0 Å². The number of benzene rings is 2. The van der Waals surface area contributed by atoms with Gasteiger partial charge >= 0.3 is 0 Å². The Kier molecular flexibility index (Phi) is 5.36. The number of hydrogen-bond donors (Lipinski definition) is 2. The summed E-state index contributed by atoms with van der Waals surface area (Å²) in [6, 6.07) is 5.94. The average molecular weight is 385 g/mol. The first-order chi connectivity index (χ1) is 12.3. The zero-order valence-corrected chi connectivity index (χ0v) is 14.6. The predicted molar refractivity (Wildman–Crippen MR) is 90.3 cm³/mol. The Balaban J connectivity index is 1.81. The van der Waals surface area contributed by atoms with Crippen LogP contribution in [-0.2, 0) is 10.0 Å². The minimum atomic E-state index is -3.78. The lowest BCUT2D eigenvalue weighted by molar-refractivity contribution is 0.120. The van der Waals surface area contributed by atoms with Crippen LogP contribution < -0.4 is 4.72 Å². The highest BCUT2D eigenvalue weighted by molar-refractivity contribution is 7.89. The minimum Gasteiger partial charge on any atom is -0.393 e. The maximum absolute atomic E-state index is 13.8. The monoisotopic (exact) mass is 385 g/mol. The second-order valence-corrected chi connectivity index (χ2v) is 8.11. The Morgan fingerprint density at radius 3 is 2.00 bits per heavy atom. The fourth-order valence-electron chi connectivity index (χ4n) is 3.10. The van der Waals surface area contributed by atoms with Crippen LogP contribution in [-0.4, -0.2) is 25.7 Å². The van der Waals surface area contributed by atoms with Crippen LogP contribution in [0.15, 0.2) is 41.3 Å². The summed E-state index contributed by atoms with van der Waals surface area (Å²) in [6.45, 7) is 0. The standard InChI is InChI=1S/C18H18F3NO3S/c19-12-9-16(20)18(17(21)10-12)11-1-7-15(8-2-11)26(24,25)22-13-3-5-14(23)6-4-13/h1-2,7-10,13-14,22-23H,3-6H2/t13-,14+. The van der Waals surface area contributed by atoms with Gasteiger partial charge in [0.15, 0.2) is 0 Å². The number of nitrogens with one attached hydrogen (secondary N) is 1. The molecule has 1 fully saturated rings. The van der Waals surface area contributed by atoms with E-state index in [2.05, 4.69) is 4.72 Å². The summed E-state index contributed by atoms with van der Waals surface area (Å²) in [4.78, 5) is -0.0321. The Labute approximate surface area is 149 Å². The van der Waals surface area contributed by atoms with Gasteiger partial charge in [0, 0.05) is 18.2 Å².